The number of ether oxygens (including phenoxy) is 1. The van der Waals surface area contributed by atoms with Gasteiger partial charge in [0, 0.05) is 31.5 Å². The first-order valence-corrected chi connectivity index (χ1v) is 12.5. The fourth-order valence-electron chi connectivity index (χ4n) is 6.99. The Bertz CT molecular complexity index is 1120. The first-order chi connectivity index (χ1) is 16.5. The van der Waals surface area contributed by atoms with E-state index in [1.807, 2.05) is 36.4 Å². The van der Waals surface area contributed by atoms with Gasteiger partial charge in [-0.25, -0.2) is 0 Å². The summed E-state index contributed by atoms with van der Waals surface area (Å²) in [6.07, 6.45) is 4.66. The van der Waals surface area contributed by atoms with Gasteiger partial charge in [0.05, 0.1) is 11.8 Å². The Hall–Kier alpha value is -2.92. The van der Waals surface area contributed by atoms with Gasteiger partial charge in [0.25, 0.3) is 0 Å². The lowest BCUT2D eigenvalue weighted by Crippen LogP contribution is -2.44. The Kier molecular flexibility index (Phi) is 5.14. The number of amides is 2. The van der Waals surface area contributed by atoms with Gasteiger partial charge in [-0.1, -0.05) is 67.1 Å². The molecule has 0 saturated carbocycles. The molecular weight excluding hydrogens is 424 g/mol. The van der Waals surface area contributed by atoms with Gasteiger partial charge < -0.3 is 4.74 Å². The maximum absolute atomic E-state index is 13.8. The summed E-state index contributed by atoms with van der Waals surface area (Å²) in [7, 11) is 0. The molecule has 0 N–H and O–H groups in total. The number of hydrogen-bond acceptors (Lipinski definition) is 4. The van der Waals surface area contributed by atoms with Crippen LogP contribution in [0, 0.1) is 11.8 Å². The highest BCUT2D eigenvalue weighted by Gasteiger charge is 2.62. The SMILES string of the molecule is C=C(CN1C(=O)[C@@H]2[C@H](C1=O)[C@@H](c1ccccc1)N1CCCC[C@H]21)C[C@@]1(C)Cc2ccccc2O1. The van der Waals surface area contributed by atoms with Crippen molar-refractivity contribution in [3.05, 3.63) is 77.9 Å². The number of rotatable bonds is 5. The molecule has 0 aromatic heterocycles. The van der Waals surface area contributed by atoms with Crippen molar-refractivity contribution >= 4 is 11.8 Å². The molecule has 34 heavy (non-hydrogen) atoms. The second-order valence-corrected chi connectivity index (χ2v) is 10.7. The molecule has 3 saturated heterocycles. The van der Waals surface area contributed by atoms with Crippen LogP contribution in [-0.4, -0.2) is 46.3 Å². The lowest BCUT2D eigenvalue weighted by Gasteiger charge is -2.37. The van der Waals surface area contributed by atoms with E-state index in [0.29, 0.717) is 6.42 Å². The lowest BCUT2D eigenvalue weighted by molar-refractivity contribution is -0.141. The lowest BCUT2D eigenvalue weighted by atomic mass is 9.85. The van der Waals surface area contributed by atoms with Crippen LogP contribution in [0.2, 0.25) is 0 Å². The summed E-state index contributed by atoms with van der Waals surface area (Å²) in [5, 5.41) is 0. The van der Waals surface area contributed by atoms with E-state index < -0.39 is 5.60 Å². The third-order valence-corrected chi connectivity index (χ3v) is 8.23. The predicted octanol–water partition coefficient (Wildman–Crippen LogP) is 4.54. The van der Waals surface area contributed by atoms with E-state index in [-0.39, 0.29) is 42.3 Å². The largest absolute Gasteiger partial charge is 0.487 e. The Morgan fingerprint density at radius 1 is 1.03 bits per heavy atom. The molecular formula is C29H32N2O3. The summed E-state index contributed by atoms with van der Waals surface area (Å²) in [4.78, 5) is 31.4. The van der Waals surface area contributed by atoms with E-state index in [2.05, 4.69) is 36.6 Å². The van der Waals surface area contributed by atoms with Crippen molar-refractivity contribution in [1.82, 2.24) is 9.80 Å². The molecule has 6 rings (SSSR count). The van der Waals surface area contributed by atoms with E-state index in [4.69, 9.17) is 4.74 Å². The molecule has 3 fully saturated rings. The van der Waals surface area contributed by atoms with E-state index in [1.165, 1.54) is 10.5 Å². The molecule has 176 valence electrons. The normalized spacial score (nSPS) is 32.3. The number of piperidine rings is 1. The number of hydrogen-bond donors (Lipinski definition) is 0. The number of carbonyl (C=O) groups is 2. The molecule has 4 aliphatic rings. The Morgan fingerprint density at radius 3 is 2.56 bits per heavy atom. The van der Waals surface area contributed by atoms with Crippen LogP contribution in [0.5, 0.6) is 5.75 Å². The van der Waals surface area contributed by atoms with Crippen LogP contribution >= 0.6 is 0 Å². The highest BCUT2D eigenvalue weighted by atomic mass is 16.5. The Balaban J connectivity index is 1.22. The maximum atomic E-state index is 13.8. The molecule has 2 amide bonds. The van der Waals surface area contributed by atoms with Gasteiger partial charge in [-0.05, 0) is 43.5 Å². The molecule has 2 aromatic rings. The predicted molar refractivity (Wildman–Crippen MR) is 130 cm³/mol. The second-order valence-electron chi connectivity index (χ2n) is 10.7. The summed E-state index contributed by atoms with van der Waals surface area (Å²) in [6, 6.07) is 18.5. The minimum atomic E-state index is -0.394. The van der Waals surface area contributed by atoms with Gasteiger partial charge >= 0.3 is 0 Å². The monoisotopic (exact) mass is 456 g/mol. The quantitative estimate of drug-likeness (QED) is 0.490. The van der Waals surface area contributed by atoms with Crippen molar-refractivity contribution in [3.63, 3.8) is 0 Å². The zero-order chi connectivity index (χ0) is 23.4. The first-order valence-electron chi connectivity index (χ1n) is 12.5. The highest BCUT2D eigenvalue weighted by molar-refractivity contribution is 6.06. The number of para-hydroxylation sites is 1. The summed E-state index contributed by atoms with van der Waals surface area (Å²) in [5.41, 5.74) is 2.82. The molecule has 2 aromatic carbocycles. The molecule has 4 aliphatic heterocycles. The van der Waals surface area contributed by atoms with Gasteiger partial charge in [0.1, 0.15) is 11.4 Å². The number of likely N-dealkylation sites (tertiary alicyclic amines) is 1. The average molecular weight is 457 g/mol. The molecule has 0 radical (unpaired) electrons. The van der Waals surface area contributed by atoms with Crippen molar-refractivity contribution in [3.8, 4) is 5.75 Å². The third-order valence-electron chi connectivity index (χ3n) is 8.23. The van der Waals surface area contributed by atoms with Crippen LogP contribution in [0.25, 0.3) is 0 Å². The number of nitrogens with zero attached hydrogens (tertiary/aromatic N) is 2. The van der Waals surface area contributed by atoms with E-state index >= 15 is 0 Å². The average Bonchev–Trinajstić information content (AvgIpc) is 3.43. The van der Waals surface area contributed by atoms with Gasteiger partial charge in [-0.2, -0.15) is 0 Å². The van der Waals surface area contributed by atoms with E-state index in [1.54, 1.807) is 0 Å². The smallest absolute Gasteiger partial charge is 0.235 e. The van der Waals surface area contributed by atoms with Crippen molar-refractivity contribution in [2.45, 2.75) is 56.7 Å². The minimum Gasteiger partial charge on any atom is -0.487 e. The zero-order valence-electron chi connectivity index (χ0n) is 19.8. The highest BCUT2D eigenvalue weighted by Crippen LogP contribution is 2.52. The Labute approximate surface area is 201 Å². The first kappa shape index (κ1) is 21.6. The standard InChI is InChI=1S/C29H32N2O3/c1-19(16-29(2)17-21-12-6-7-14-23(21)34-29)18-31-27(32)24-22-13-8-9-15-30(22)26(25(24)28(31)33)20-10-4-3-5-11-20/h3-7,10-12,14,22,24-26H,1,8-9,13,15-18H2,2H3/t22-,24+,25+,26-,29+/m1/s1. The van der Waals surface area contributed by atoms with Crippen LogP contribution in [0.3, 0.4) is 0 Å². The maximum Gasteiger partial charge on any atom is 0.235 e. The number of fused-ring (bicyclic) bond motifs is 4. The molecule has 0 unspecified atom stereocenters. The number of benzene rings is 2. The molecule has 5 atom stereocenters. The summed E-state index contributed by atoms with van der Waals surface area (Å²) < 4.78 is 6.25. The van der Waals surface area contributed by atoms with Crippen LogP contribution in [-0.2, 0) is 16.0 Å². The summed E-state index contributed by atoms with van der Waals surface area (Å²) in [5.74, 6) is 0.345. The third kappa shape index (κ3) is 3.40. The number of carbonyl (C=O) groups excluding carboxylic acids is 2. The van der Waals surface area contributed by atoms with Crippen molar-refractivity contribution < 1.29 is 14.3 Å². The van der Waals surface area contributed by atoms with Crippen LogP contribution < -0.4 is 4.74 Å². The molecule has 5 nitrogen and oxygen atoms in total. The van der Waals surface area contributed by atoms with Crippen molar-refractivity contribution in [2.24, 2.45) is 11.8 Å². The van der Waals surface area contributed by atoms with Crippen molar-refractivity contribution in [1.29, 1.82) is 0 Å². The second kappa shape index (κ2) is 8.09. The Morgan fingerprint density at radius 2 is 1.76 bits per heavy atom. The summed E-state index contributed by atoms with van der Waals surface area (Å²) >= 11 is 0. The zero-order valence-corrected chi connectivity index (χ0v) is 19.8. The van der Waals surface area contributed by atoms with Gasteiger partial charge in [-0.15, -0.1) is 0 Å². The van der Waals surface area contributed by atoms with Gasteiger partial charge in [0.2, 0.25) is 11.8 Å². The number of imide groups is 1. The molecule has 4 heterocycles. The molecule has 0 aliphatic carbocycles. The molecule has 0 bridgehead atoms. The topological polar surface area (TPSA) is 49.9 Å². The fraction of sp³-hybridized carbons (Fsp3) is 0.448. The van der Waals surface area contributed by atoms with E-state index in [0.717, 1.165) is 49.1 Å². The van der Waals surface area contributed by atoms with Crippen LogP contribution in [0.1, 0.15) is 49.8 Å². The minimum absolute atomic E-state index is 0.00717. The van der Waals surface area contributed by atoms with Crippen LogP contribution in [0.4, 0.5) is 0 Å². The summed E-state index contributed by atoms with van der Waals surface area (Å²) in [6.45, 7) is 7.61. The van der Waals surface area contributed by atoms with Crippen molar-refractivity contribution in [2.75, 3.05) is 13.1 Å². The van der Waals surface area contributed by atoms with Gasteiger partial charge in [0.15, 0.2) is 0 Å². The van der Waals surface area contributed by atoms with Crippen LogP contribution in [0.15, 0.2) is 66.7 Å². The van der Waals surface area contributed by atoms with Gasteiger partial charge in [-0.3, -0.25) is 19.4 Å². The van der Waals surface area contributed by atoms with E-state index in [9.17, 15) is 9.59 Å². The fourth-order valence-corrected chi connectivity index (χ4v) is 6.99. The molecule has 0 spiro atoms. The molecule has 5 heteroatoms.